The predicted molar refractivity (Wildman–Crippen MR) is 73.5 cm³/mol. The molecular formula is C12H10N4O4S. The summed E-state index contributed by atoms with van der Waals surface area (Å²) in [5.41, 5.74) is 1.10. The summed E-state index contributed by atoms with van der Waals surface area (Å²) in [7, 11) is 0. The first-order valence-electron chi connectivity index (χ1n) is 5.74. The van der Waals surface area contributed by atoms with Gasteiger partial charge in [-0.3, -0.25) is 10.1 Å². The summed E-state index contributed by atoms with van der Waals surface area (Å²) in [5.74, 6) is -1.09. The highest BCUT2D eigenvalue weighted by molar-refractivity contribution is 7.99. The summed E-state index contributed by atoms with van der Waals surface area (Å²) in [4.78, 5) is 33.1. The van der Waals surface area contributed by atoms with Gasteiger partial charge in [-0.15, -0.1) is 0 Å². The Bertz CT molecular complexity index is 718. The van der Waals surface area contributed by atoms with Gasteiger partial charge in [-0.25, -0.2) is 19.7 Å². The topological polar surface area (TPSA) is 119 Å². The van der Waals surface area contributed by atoms with E-state index >= 15 is 0 Å². The van der Waals surface area contributed by atoms with Crippen LogP contribution in [0.4, 0.5) is 5.69 Å². The second kappa shape index (κ2) is 5.83. The Balaban J connectivity index is 2.39. The Labute approximate surface area is 123 Å². The predicted octanol–water partition coefficient (Wildman–Crippen LogP) is 2.25. The molecule has 0 aromatic carbocycles. The van der Waals surface area contributed by atoms with Crippen molar-refractivity contribution in [2.45, 2.75) is 24.0 Å². The number of pyridine rings is 1. The van der Waals surface area contributed by atoms with E-state index in [1.165, 1.54) is 0 Å². The maximum absolute atomic E-state index is 11.3. The quantitative estimate of drug-likeness (QED) is 0.519. The largest absolute Gasteiger partial charge is 0.478 e. The first-order valence-corrected chi connectivity index (χ1v) is 6.56. The molecule has 2 aromatic heterocycles. The van der Waals surface area contributed by atoms with Crippen molar-refractivity contribution in [2.24, 2.45) is 0 Å². The average Bonchev–Trinajstić information content (AvgIpc) is 2.37. The lowest BCUT2D eigenvalue weighted by Gasteiger charge is -2.08. The second-order valence-corrected chi connectivity index (χ2v) is 5.10. The minimum absolute atomic E-state index is 0.0764. The van der Waals surface area contributed by atoms with Gasteiger partial charge in [0.05, 0.1) is 10.5 Å². The number of hydrogen-bond donors (Lipinski definition) is 1. The molecule has 9 heteroatoms. The molecular weight excluding hydrogens is 296 g/mol. The average molecular weight is 306 g/mol. The fourth-order valence-electron chi connectivity index (χ4n) is 1.68. The number of nitro groups is 1. The number of rotatable bonds is 4. The Hall–Kier alpha value is -2.55. The Morgan fingerprint density at radius 3 is 2.48 bits per heavy atom. The van der Waals surface area contributed by atoms with E-state index in [9.17, 15) is 20.0 Å². The van der Waals surface area contributed by atoms with Crippen molar-refractivity contribution >= 4 is 23.4 Å². The summed E-state index contributed by atoms with van der Waals surface area (Å²) in [6.07, 6.45) is 2.14. The van der Waals surface area contributed by atoms with E-state index in [1.807, 2.05) is 0 Å². The zero-order chi connectivity index (χ0) is 15.6. The van der Waals surface area contributed by atoms with Gasteiger partial charge in [0.15, 0.2) is 5.16 Å². The number of nitrogens with zero attached hydrogens (tertiary/aromatic N) is 4. The standard InChI is InChI=1S/C12H10N4O4S/c1-6-3-7(2)15-10(9(6)11(17)18)21-12-13-4-8(5-14-12)16(19)20/h3-5H,1-2H3,(H,17,18). The Morgan fingerprint density at radius 2 is 1.95 bits per heavy atom. The highest BCUT2D eigenvalue weighted by atomic mass is 32.2. The van der Waals surface area contributed by atoms with Crippen LogP contribution in [0.2, 0.25) is 0 Å². The van der Waals surface area contributed by atoms with Gasteiger partial charge in [-0.1, -0.05) is 0 Å². The zero-order valence-electron chi connectivity index (χ0n) is 11.1. The molecule has 0 radical (unpaired) electrons. The molecule has 0 aliphatic carbocycles. The maximum atomic E-state index is 11.3. The van der Waals surface area contributed by atoms with Gasteiger partial charge < -0.3 is 5.11 Å². The number of hydrogen-bond acceptors (Lipinski definition) is 7. The molecule has 0 bridgehead atoms. The second-order valence-electron chi connectivity index (χ2n) is 4.15. The molecule has 2 heterocycles. The van der Waals surface area contributed by atoms with E-state index in [-0.39, 0.29) is 21.4 Å². The molecule has 0 saturated heterocycles. The molecule has 0 unspecified atom stereocenters. The van der Waals surface area contributed by atoms with Gasteiger partial charge in [0, 0.05) is 5.69 Å². The molecule has 8 nitrogen and oxygen atoms in total. The number of aryl methyl sites for hydroxylation is 2. The number of carboxylic acids is 1. The van der Waals surface area contributed by atoms with Crippen molar-refractivity contribution in [3.8, 4) is 0 Å². The van der Waals surface area contributed by atoms with Crippen molar-refractivity contribution < 1.29 is 14.8 Å². The fourth-order valence-corrected chi connectivity index (χ4v) is 2.60. The Kier molecular flexibility index (Phi) is 4.13. The SMILES string of the molecule is Cc1cc(C)c(C(=O)O)c(Sc2ncc([N+](=O)[O-])cn2)n1. The number of aromatic nitrogens is 3. The lowest BCUT2D eigenvalue weighted by Crippen LogP contribution is -2.05. The highest BCUT2D eigenvalue weighted by Crippen LogP contribution is 2.29. The molecule has 0 saturated carbocycles. The minimum atomic E-state index is -1.09. The third-order valence-corrected chi connectivity index (χ3v) is 3.42. The number of carboxylic acid groups (broad SMARTS) is 1. The molecule has 0 fully saturated rings. The zero-order valence-corrected chi connectivity index (χ0v) is 11.9. The summed E-state index contributed by atoms with van der Waals surface area (Å²) in [6, 6.07) is 1.67. The van der Waals surface area contributed by atoms with Gasteiger partial charge in [0.1, 0.15) is 17.4 Å². The van der Waals surface area contributed by atoms with Crippen LogP contribution in [-0.4, -0.2) is 31.0 Å². The van der Waals surface area contributed by atoms with Crippen LogP contribution in [0.1, 0.15) is 21.6 Å². The van der Waals surface area contributed by atoms with Gasteiger partial charge in [-0.05, 0) is 37.2 Å². The van der Waals surface area contributed by atoms with Gasteiger partial charge >= 0.3 is 11.7 Å². The molecule has 0 aliphatic rings. The van der Waals surface area contributed by atoms with Crippen molar-refractivity contribution in [1.82, 2.24) is 15.0 Å². The van der Waals surface area contributed by atoms with Crippen LogP contribution in [-0.2, 0) is 0 Å². The van der Waals surface area contributed by atoms with E-state index in [0.717, 1.165) is 24.2 Å². The normalized spacial score (nSPS) is 10.4. The van der Waals surface area contributed by atoms with E-state index in [4.69, 9.17) is 0 Å². The smallest absolute Gasteiger partial charge is 0.338 e. The van der Waals surface area contributed by atoms with E-state index < -0.39 is 10.9 Å². The molecule has 0 aliphatic heterocycles. The van der Waals surface area contributed by atoms with Gasteiger partial charge in [0.25, 0.3) is 0 Å². The summed E-state index contributed by atoms with van der Waals surface area (Å²) >= 11 is 0.955. The summed E-state index contributed by atoms with van der Waals surface area (Å²) in [5, 5.41) is 20.2. The van der Waals surface area contributed by atoms with Crippen LogP contribution in [0, 0.1) is 24.0 Å². The van der Waals surface area contributed by atoms with E-state index in [1.54, 1.807) is 19.9 Å². The first kappa shape index (κ1) is 14.9. The first-order chi connectivity index (χ1) is 9.88. The number of aromatic carboxylic acids is 1. The van der Waals surface area contributed by atoms with E-state index in [0.29, 0.717) is 11.3 Å². The van der Waals surface area contributed by atoms with Crippen molar-refractivity contribution in [1.29, 1.82) is 0 Å². The molecule has 0 amide bonds. The lowest BCUT2D eigenvalue weighted by molar-refractivity contribution is -0.385. The molecule has 21 heavy (non-hydrogen) atoms. The monoisotopic (exact) mass is 306 g/mol. The highest BCUT2D eigenvalue weighted by Gasteiger charge is 2.18. The van der Waals surface area contributed by atoms with Gasteiger partial charge in [-0.2, -0.15) is 0 Å². The number of carbonyl (C=O) groups is 1. The summed E-state index contributed by atoms with van der Waals surface area (Å²) in [6.45, 7) is 3.43. The molecule has 0 atom stereocenters. The van der Waals surface area contributed by atoms with Gasteiger partial charge in [0.2, 0.25) is 0 Å². The Morgan fingerprint density at radius 1 is 1.33 bits per heavy atom. The van der Waals surface area contributed by atoms with Crippen LogP contribution >= 0.6 is 11.8 Å². The molecule has 0 spiro atoms. The molecule has 108 valence electrons. The van der Waals surface area contributed by atoms with Crippen molar-refractivity contribution in [3.05, 3.63) is 45.4 Å². The van der Waals surface area contributed by atoms with Crippen LogP contribution in [0.3, 0.4) is 0 Å². The van der Waals surface area contributed by atoms with Crippen molar-refractivity contribution in [3.63, 3.8) is 0 Å². The third-order valence-electron chi connectivity index (χ3n) is 2.54. The maximum Gasteiger partial charge on any atom is 0.338 e. The van der Waals surface area contributed by atoms with Crippen LogP contribution in [0.5, 0.6) is 0 Å². The fraction of sp³-hybridized carbons (Fsp3) is 0.167. The minimum Gasteiger partial charge on any atom is -0.478 e. The lowest BCUT2D eigenvalue weighted by atomic mass is 10.1. The van der Waals surface area contributed by atoms with Crippen LogP contribution < -0.4 is 0 Å². The van der Waals surface area contributed by atoms with Crippen LogP contribution in [0.15, 0.2) is 28.6 Å². The third kappa shape index (κ3) is 3.31. The molecule has 2 aromatic rings. The van der Waals surface area contributed by atoms with Crippen molar-refractivity contribution in [2.75, 3.05) is 0 Å². The van der Waals surface area contributed by atoms with Crippen LogP contribution in [0.25, 0.3) is 0 Å². The summed E-state index contributed by atoms with van der Waals surface area (Å²) < 4.78 is 0. The molecule has 1 N–H and O–H groups in total. The molecule has 2 rings (SSSR count). The van der Waals surface area contributed by atoms with E-state index in [2.05, 4.69) is 15.0 Å².